The zero-order chi connectivity index (χ0) is 8.55. The normalized spacial score (nSPS) is 15.4. The highest BCUT2D eigenvalue weighted by molar-refractivity contribution is 6.77. The molecule has 59 valence electrons. The number of fused-ring (bicyclic) bond motifs is 1. The minimum Gasteiger partial charge on any atom is -0.309 e. The van der Waals surface area contributed by atoms with E-state index in [4.69, 9.17) is 0 Å². The molecule has 1 aromatic rings. The molecule has 0 amide bonds. The predicted octanol–water partition coefficient (Wildman–Crippen LogP) is -0.0209. The van der Waals surface area contributed by atoms with Gasteiger partial charge in [-0.2, -0.15) is 0 Å². The first-order valence-electron chi connectivity index (χ1n) is 3.57. The van der Waals surface area contributed by atoms with E-state index in [1.54, 1.807) is 18.3 Å². The van der Waals surface area contributed by atoms with Crippen LogP contribution in [0.2, 0.25) is 0 Å². The fourth-order valence-corrected chi connectivity index (χ4v) is 1.19. The average molecular weight is 161 g/mol. The monoisotopic (exact) mass is 161 g/mol. The first kappa shape index (κ1) is 7.30. The highest BCUT2D eigenvalue weighted by Crippen LogP contribution is 2.19. The Bertz CT molecular complexity index is 329. The van der Waals surface area contributed by atoms with E-state index in [9.17, 15) is 10.0 Å². The lowest BCUT2D eigenvalue weighted by Crippen LogP contribution is -2.36. The van der Waals surface area contributed by atoms with E-state index in [2.05, 4.69) is 4.98 Å². The van der Waals surface area contributed by atoms with Crippen molar-refractivity contribution < 1.29 is 10.0 Å². The Hall–Kier alpha value is -1.36. The van der Waals surface area contributed by atoms with Crippen LogP contribution in [0.5, 0.6) is 0 Å². The third-order valence-corrected chi connectivity index (χ3v) is 1.72. The standard InChI is InChI=1S/C7H6BN2O2/c11-7-4-5-6(10(12)8-7)2-1-3-9-5/h1-3,12H,4H2. The van der Waals surface area contributed by atoms with E-state index < -0.39 is 0 Å². The summed E-state index contributed by atoms with van der Waals surface area (Å²) in [5, 5.41) is 9.25. The van der Waals surface area contributed by atoms with Crippen LogP contribution in [0.4, 0.5) is 5.69 Å². The van der Waals surface area contributed by atoms with Crippen molar-refractivity contribution >= 4 is 18.8 Å². The van der Waals surface area contributed by atoms with Gasteiger partial charge < -0.3 is 10.0 Å². The molecule has 1 radical (unpaired) electrons. The minimum atomic E-state index is -0.135. The minimum absolute atomic E-state index is 0.135. The van der Waals surface area contributed by atoms with Crippen LogP contribution in [-0.2, 0) is 11.2 Å². The van der Waals surface area contributed by atoms with Gasteiger partial charge in [0, 0.05) is 12.6 Å². The Morgan fingerprint density at radius 2 is 2.50 bits per heavy atom. The van der Waals surface area contributed by atoms with E-state index in [0.29, 0.717) is 11.4 Å². The Kier molecular flexibility index (Phi) is 1.58. The molecule has 4 nitrogen and oxygen atoms in total. The smallest absolute Gasteiger partial charge is 0.309 e. The molecule has 0 saturated carbocycles. The maximum Gasteiger partial charge on any atom is 0.369 e. The van der Waals surface area contributed by atoms with Gasteiger partial charge in [0.05, 0.1) is 11.4 Å². The zero-order valence-electron chi connectivity index (χ0n) is 6.27. The maximum atomic E-state index is 10.9. The van der Waals surface area contributed by atoms with Gasteiger partial charge in [0.15, 0.2) is 0 Å². The molecular formula is C7H6BN2O2. The van der Waals surface area contributed by atoms with Crippen LogP contribution in [0.1, 0.15) is 5.69 Å². The van der Waals surface area contributed by atoms with Crippen molar-refractivity contribution in [1.29, 1.82) is 0 Å². The molecule has 0 spiro atoms. The summed E-state index contributed by atoms with van der Waals surface area (Å²) in [6.45, 7) is 0. The SMILES string of the molecule is O=C1[B]N(O)c2cccnc2C1. The molecule has 0 saturated heterocycles. The van der Waals surface area contributed by atoms with Crippen molar-refractivity contribution in [3.8, 4) is 0 Å². The molecular weight excluding hydrogens is 155 g/mol. The second-order valence-corrected chi connectivity index (χ2v) is 2.59. The van der Waals surface area contributed by atoms with E-state index in [1.165, 1.54) is 0 Å². The Morgan fingerprint density at radius 1 is 1.67 bits per heavy atom. The summed E-state index contributed by atoms with van der Waals surface area (Å²) in [5.74, 6) is 0. The number of carbonyl (C=O) groups is 1. The third-order valence-electron chi connectivity index (χ3n) is 1.72. The summed E-state index contributed by atoms with van der Waals surface area (Å²) in [6.07, 6.45) is 1.87. The highest BCUT2D eigenvalue weighted by Gasteiger charge is 2.23. The van der Waals surface area contributed by atoms with Gasteiger partial charge in [-0.3, -0.25) is 9.96 Å². The molecule has 0 fully saturated rings. The number of carbonyl (C=O) groups excluding carboxylic acids is 1. The zero-order valence-corrected chi connectivity index (χ0v) is 6.27. The van der Waals surface area contributed by atoms with Crippen LogP contribution >= 0.6 is 0 Å². The van der Waals surface area contributed by atoms with Gasteiger partial charge in [-0.15, -0.1) is 0 Å². The van der Waals surface area contributed by atoms with Gasteiger partial charge in [0.1, 0.15) is 5.68 Å². The van der Waals surface area contributed by atoms with Gasteiger partial charge >= 0.3 is 7.41 Å². The maximum absolute atomic E-state index is 10.9. The molecule has 0 aliphatic carbocycles. The molecule has 12 heavy (non-hydrogen) atoms. The van der Waals surface area contributed by atoms with Gasteiger partial charge in [-0.05, 0) is 12.1 Å². The molecule has 1 aliphatic rings. The first-order chi connectivity index (χ1) is 5.77. The summed E-state index contributed by atoms with van der Waals surface area (Å²) in [6, 6.07) is 3.43. The largest absolute Gasteiger partial charge is 0.369 e. The van der Waals surface area contributed by atoms with Gasteiger partial charge in [-0.1, -0.05) is 0 Å². The molecule has 1 aliphatic heterocycles. The van der Waals surface area contributed by atoms with Crippen molar-refractivity contribution in [2.45, 2.75) is 6.42 Å². The van der Waals surface area contributed by atoms with Crippen LogP contribution in [0.25, 0.3) is 0 Å². The number of hydrogen-bond donors (Lipinski definition) is 1. The molecule has 0 atom stereocenters. The van der Waals surface area contributed by atoms with Crippen LogP contribution in [0, 0.1) is 0 Å². The van der Waals surface area contributed by atoms with Crippen molar-refractivity contribution in [3.63, 3.8) is 0 Å². The fourth-order valence-electron chi connectivity index (χ4n) is 1.19. The van der Waals surface area contributed by atoms with Crippen LogP contribution < -0.4 is 4.97 Å². The average Bonchev–Trinajstić information content (AvgIpc) is 2.04. The molecule has 2 heterocycles. The van der Waals surface area contributed by atoms with E-state index in [0.717, 1.165) is 12.4 Å². The highest BCUT2D eigenvalue weighted by atomic mass is 16.5. The predicted molar refractivity (Wildman–Crippen MR) is 43.0 cm³/mol. The number of aromatic nitrogens is 1. The van der Waals surface area contributed by atoms with Crippen LogP contribution in [0.3, 0.4) is 0 Å². The van der Waals surface area contributed by atoms with Gasteiger partial charge in [-0.25, -0.2) is 0 Å². The van der Waals surface area contributed by atoms with Crippen molar-refractivity contribution in [2.24, 2.45) is 0 Å². The van der Waals surface area contributed by atoms with Crippen LogP contribution in [0.15, 0.2) is 18.3 Å². The number of hydrogen-bond acceptors (Lipinski definition) is 4. The summed E-state index contributed by atoms with van der Waals surface area (Å²) in [7, 11) is 1.16. The third kappa shape index (κ3) is 1.08. The number of rotatable bonds is 0. The Balaban J connectivity index is 2.47. The molecule has 0 unspecified atom stereocenters. The molecule has 0 aromatic carbocycles. The van der Waals surface area contributed by atoms with Gasteiger partial charge in [0.2, 0.25) is 0 Å². The van der Waals surface area contributed by atoms with Crippen molar-refractivity contribution in [2.75, 3.05) is 4.97 Å². The number of pyridine rings is 1. The van der Waals surface area contributed by atoms with Crippen LogP contribution in [-0.4, -0.2) is 23.3 Å². The van der Waals surface area contributed by atoms with Crippen molar-refractivity contribution in [3.05, 3.63) is 24.0 Å². The summed E-state index contributed by atoms with van der Waals surface area (Å²) >= 11 is 0. The summed E-state index contributed by atoms with van der Waals surface area (Å²) in [4.78, 5) is 15.7. The summed E-state index contributed by atoms with van der Waals surface area (Å²) in [5.41, 5.74) is 1.06. The Labute approximate surface area is 70.1 Å². The van der Waals surface area contributed by atoms with E-state index in [1.807, 2.05) is 0 Å². The Morgan fingerprint density at radius 3 is 3.33 bits per heavy atom. The first-order valence-corrected chi connectivity index (χ1v) is 3.57. The van der Waals surface area contributed by atoms with E-state index in [-0.39, 0.29) is 12.1 Å². The number of anilines is 1. The van der Waals surface area contributed by atoms with E-state index >= 15 is 0 Å². The van der Waals surface area contributed by atoms with Gasteiger partial charge in [0.25, 0.3) is 0 Å². The quantitative estimate of drug-likeness (QED) is 0.543. The second-order valence-electron chi connectivity index (χ2n) is 2.59. The number of nitrogens with zero attached hydrogens (tertiary/aromatic N) is 2. The lowest BCUT2D eigenvalue weighted by molar-refractivity contribution is -0.111. The summed E-state index contributed by atoms with van der Waals surface area (Å²) < 4.78 is 0. The lowest BCUT2D eigenvalue weighted by atomic mass is 9.79. The lowest BCUT2D eigenvalue weighted by Gasteiger charge is -2.22. The molecule has 2 rings (SSSR count). The second kappa shape index (κ2) is 2.60. The molecule has 1 aromatic heterocycles. The fraction of sp³-hybridized carbons (Fsp3) is 0.143. The topological polar surface area (TPSA) is 53.4 Å². The molecule has 1 N–H and O–H groups in total. The molecule has 5 heteroatoms. The van der Waals surface area contributed by atoms with Crippen molar-refractivity contribution in [1.82, 2.24) is 4.98 Å². The molecule has 0 bridgehead atoms.